The Morgan fingerprint density at radius 3 is 2.76 bits per heavy atom. The van der Waals surface area contributed by atoms with E-state index in [2.05, 4.69) is 5.32 Å². The molecule has 0 aliphatic carbocycles. The fraction of sp³-hybridized carbons (Fsp3) is 0.500. The SMILES string of the molecule is CCC(C)N1C(=O)CC(NCc2ccccc2OC)C1=O. The van der Waals surface area contributed by atoms with Crippen LogP contribution in [-0.4, -0.2) is 35.9 Å². The van der Waals surface area contributed by atoms with Crippen molar-refractivity contribution in [2.24, 2.45) is 0 Å². The number of methoxy groups -OCH3 is 1. The standard InChI is InChI=1S/C16H22N2O3/c1-4-11(2)18-15(19)9-13(16(18)20)17-10-12-7-5-6-8-14(12)21-3/h5-8,11,13,17H,4,9-10H2,1-3H3. The average Bonchev–Trinajstić information content (AvgIpc) is 2.79. The molecule has 21 heavy (non-hydrogen) atoms. The number of ether oxygens (including phenoxy) is 1. The van der Waals surface area contributed by atoms with Crippen LogP contribution >= 0.6 is 0 Å². The lowest BCUT2D eigenvalue weighted by atomic mass is 10.1. The summed E-state index contributed by atoms with van der Waals surface area (Å²) in [5.41, 5.74) is 0.974. The van der Waals surface area contributed by atoms with E-state index in [9.17, 15) is 9.59 Å². The summed E-state index contributed by atoms with van der Waals surface area (Å²) in [5, 5.41) is 3.17. The van der Waals surface area contributed by atoms with Crippen molar-refractivity contribution in [3.8, 4) is 5.75 Å². The number of hydrogen-bond acceptors (Lipinski definition) is 4. The second kappa shape index (κ2) is 6.72. The summed E-state index contributed by atoms with van der Waals surface area (Å²) in [6.07, 6.45) is 1.01. The van der Waals surface area contributed by atoms with Gasteiger partial charge in [0, 0.05) is 18.2 Å². The molecule has 0 bridgehead atoms. The lowest BCUT2D eigenvalue weighted by Gasteiger charge is -2.21. The van der Waals surface area contributed by atoms with Crippen molar-refractivity contribution in [1.82, 2.24) is 10.2 Å². The molecule has 5 heteroatoms. The van der Waals surface area contributed by atoms with Gasteiger partial charge in [-0.2, -0.15) is 0 Å². The lowest BCUT2D eigenvalue weighted by Crippen LogP contribution is -2.42. The van der Waals surface area contributed by atoms with E-state index in [0.717, 1.165) is 17.7 Å². The smallest absolute Gasteiger partial charge is 0.247 e. The zero-order valence-electron chi connectivity index (χ0n) is 12.8. The third-order valence-corrected chi connectivity index (χ3v) is 3.95. The average molecular weight is 290 g/mol. The predicted molar refractivity (Wildman–Crippen MR) is 79.8 cm³/mol. The molecule has 2 amide bonds. The summed E-state index contributed by atoms with van der Waals surface area (Å²) in [7, 11) is 1.62. The number of carbonyl (C=O) groups is 2. The molecule has 1 heterocycles. The van der Waals surface area contributed by atoms with Crippen LogP contribution in [0.2, 0.25) is 0 Å². The maximum Gasteiger partial charge on any atom is 0.247 e. The molecule has 2 rings (SSSR count). The van der Waals surface area contributed by atoms with Crippen LogP contribution in [0.1, 0.15) is 32.3 Å². The lowest BCUT2D eigenvalue weighted by molar-refractivity contribution is -0.141. The molecule has 114 valence electrons. The van der Waals surface area contributed by atoms with Crippen molar-refractivity contribution in [2.45, 2.75) is 45.3 Å². The van der Waals surface area contributed by atoms with Crippen molar-refractivity contribution in [3.63, 3.8) is 0 Å². The van der Waals surface area contributed by atoms with Crippen LogP contribution in [0.15, 0.2) is 24.3 Å². The van der Waals surface area contributed by atoms with Crippen LogP contribution in [0, 0.1) is 0 Å². The molecule has 1 saturated heterocycles. The second-order valence-corrected chi connectivity index (χ2v) is 5.31. The molecule has 1 aliphatic heterocycles. The van der Waals surface area contributed by atoms with Crippen LogP contribution < -0.4 is 10.1 Å². The molecular weight excluding hydrogens is 268 g/mol. The first-order chi connectivity index (χ1) is 10.1. The van der Waals surface area contributed by atoms with E-state index in [-0.39, 0.29) is 24.3 Å². The molecule has 1 aliphatic rings. The number of carbonyl (C=O) groups excluding carboxylic acids is 2. The first-order valence-electron chi connectivity index (χ1n) is 7.29. The molecule has 1 aromatic rings. The number of imide groups is 1. The van der Waals surface area contributed by atoms with Crippen molar-refractivity contribution in [1.29, 1.82) is 0 Å². The van der Waals surface area contributed by atoms with Gasteiger partial charge in [0.25, 0.3) is 0 Å². The molecule has 1 fully saturated rings. The van der Waals surface area contributed by atoms with Gasteiger partial charge in [0.05, 0.1) is 19.6 Å². The Kier molecular flexibility index (Phi) is 4.96. The number of nitrogens with one attached hydrogen (secondary N) is 1. The highest BCUT2D eigenvalue weighted by Gasteiger charge is 2.40. The number of rotatable bonds is 6. The molecule has 5 nitrogen and oxygen atoms in total. The Morgan fingerprint density at radius 2 is 2.10 bits per heavy atom. The number of likely N-dealkylation sites (tertiary alicyclic amines) is 1. The molecule has 2 unspecified atom stereocenters. The van der Waals surface area contributed by atoms with E-state index in [0.29, 0.717) is 6.54 Å². The highest BCUT2D eigenvalue weighted by molar-refractivity contribution is 6.05. The minimum atomic E-state index is -0.434. The molecule has 0 aromatic heterocycles. The molecular formula is C16H22N2O3. The summed E-state index contributed by atoms with van der Waals surface area (Å²) < 4.78 is 5.28. The largest absolute Gasteiger partial charge is 0.496 e. The van der Waals surface area contributed by atoms with Gasteiger partial charge in [0.1, 0.15) is 5.75 Å². The quantitative estimate of drug-likeness (QED) is 0.810. The molecule has 0 saturated carbocycles. The fourth-order valence-electron chi connectivity index (χ4n) is 2.54. The Morgan fingerprint density at radius 1 is 1.38 bits per heavy atom. The van der Waals surface area contributed by atoms with E-state index in [1.54, 1.807) is 7.11 Å². The van der Waals surface area contributed by atoms with Gasteiger partial charge in [-0.25, -0.2) is 0 Å². The van der Waals surface area contributed by atoms with Crippen molar-refractivity contribution in [2.75, 3.05) is 7.11 Å². The van der Waals surface area contributed by atoms with Gasteiger partial charge >= 0.3 is 0 Å². The summed E-state index contributed by atoms with van der Waals surface area (Å²) in [5.74, 6) is 0.566. The maximum absolute atomic E-state index is 12.3. The highest BCUT2D eigenvalue weighted by Crippen LogP contribution is 2.20. The Labute approximate surface area is 125 Å². The summed E-state index contributed by atoms with van der Waals surface area (Å²) in [6, 6.07) is 7.17. The van der Waals surface area contributed by atoms with Gasteiger partial charge in [-0.05, 0) is 19.4 Å². The normalized spacial score (nSPS) is 20.0. The van der Waals surface area contributed by atoms with Gasteiger partial charge in [0.2, 0.25) is 11.8 Å². The first kappa shape index (κ1) is 15.5. The molecule has 0 spiro atoms. The van der Waals surface area contributed by atoms with Crippen LogP contribution in [0.4, 0.5) is 0 Å². The highest BCUT2D eigenvalue weighted by atomic mass is 16.5. The van der Waals surface area contributed by atoms with Crippen molar-refractivity contribution in [3.05, 3.63) is 29.8 Å². The van der Waals surface area contributed by atoms with Crippen LogP contribution in [0.5, 0.6) is 5.75 Å². The van der Waals surface area contributed by atoms with Gasteiger partial charge in [0.15, 0.2) is 0 Å². The van der Waals surface area contributed by atoms with E-state index < -0.39 is 6.04 Å². The molecule has 1 N–H and O–H groups in total. The third-order valence-electron chi connectivity index (χ3n) is 3.95. The molecule has 1 aromatic carbocycles. The third kappa shape index (κ3) is 3.24. The minimum absolute atomic E-state index is 0.0388. The summed E-state index contributed by atoms with van der Waals surface area (Å²) >= 11 is 0. The van der Waals surface area contributed by atoms with Crippen molar-refractivity contribution < 1.29 is 14.3 Å². The Hall–Kier alpha value is -1.88. The van der Waals surface area contributed by atoms with E-state index in [1.807, 2.05) is 38.1 Å². The van der Waals surface area contributed by atoms with Crippen LogP contribution in [0.25, 0.3) is 0 Å². The number of amides is 2. The van der Waals surface area contributed by atoms with Gasteiger partial charge in [-0.3, -0.25) is 14.5 Å². The zero-order chi connectivity index (χ0) is 15.4. The number of nitrogens with zero attached hydrogens (tertiary/aromatic N) is 1. The van der Waals surface area contributed by atoms with E-state index >= 15 is 0 Å². The topological polar surface area (TPSA) is 58.6 Å². The second-order valence-electron chi connectivity index (χ2n) is 5.31. The van der Waals surface area contributed by atoms with Crippen LogP contribution in [-0.2, 0) is 16.1 Å². The van der Waals surface area contributed by atoms with Crippen LogP contribution in [0.3, 0.4) is 0 Å². The van der Waals surface area contributed by atoms with Gasteiger partial charge in [-0.15, -0.1) is 0 Å². The summed E-state index contributed by atoms with van der Waals surface area (Å²) in [6.45, 7) is 4.38. The minimum Gasteiger partial charge on any atom is -0.496 e. The number of para-hydroxylation sites is 1. The fourth-order valence-corrected chi connectivity index (χ4v) is 2.54. The molecule has 0 radical (unpaired) electrons. The monoisotopic (exact) mass is 290 g/mol. The Bertz CT molecular complexity index is 530. The van der Waals surface area contributed by atoms with Crippen molar-refractivity contribution >= 4 is 11.8 Å². The zero-order valence-corrected chi connectivity index (χ0v) is 12.8. The maximum atomic E-state index is 12.3. The predicted octanol–water partition coefficient (Wildman–Crippen LogP) is 1.71. The Balaban J connectivity index is 2.01. The van der Waals surface area contributed by atoms with E-state index in [4.69, 9.17) is 4.74 Å². The van der Waals surface area contributed by atoms with E-state index in [1.165, 1.54) is 4.90 Å². The van der Waals surface area contributed by atoms with Gasteiger partial charge < -0.3 is 10.1 Å². The molecule has 2 atom stereocenters. The number of hydrogen-bond donors (Lipinski definition) is 1. The van der Waals surface area contributed by atoms with Gasteiger partial charge in [-0.1, -0.05) is 25.1 Å². The summed E-state index contributed by atoms with van der Waals surface area (Å²) in [4.78, 5) is 25.7. The first-order valence-corrected chi connectivity index (χ1v) is 7.29. The number of benzene rings is 1.